The number of rotatable bonds is 6. The predicted molar refractivity (Wildman–Crippen MR) is 90.3 cm³/mol. The first kappa shape index (κ1) is 18.0. The number of benzene rings is 1. The lowest BCUT2D eigenvalue weighted by Crippen LogP contribution is -2.44. The fourth-order valence-electron chi connectivity index (χ4n) is 2.06. The highest BCUT2D eigenvalue weighted by atomic mass is 32.2. The Morgan fingerprint density at radius 1 is 1.33 bits per heavy atom. The van der Waals surface area contributed by atoms with Gasteiger partial charge in [0.25, 0.3) is 11.1 Å². The third kappa shape index (κ3) is 4.15. The molecule has 1 aliphatic heterocycles. The zero-order chi connectivity index (χ0) is 17.7. The molecule has 0 aromatic heterocycles. The average molecular weight is 350 g/mol. The van der Waals surface area contributed by atoms with Gasteiger partial charge in [-0.15, -0.1) is 0 Å². The molecule has 24 heavy (non-hydrogen) atoms. The Morgan fingerprint density at radius 3 is 2.58 bits per heavy atom. The van der Waals surface area contributed by atoms with Crippen molar-refractivity contribution >= 4 is 35.0 Å². The maximum Gasteiger partial charge on any atom is 0.324 e. The van der Waals surface area contributed by atoms with E-state index in [1.807, 2.05) is 6.92 Å². The standard InChI is InChI=1S/C16H18N2O5S/c1-3-23-11-6-4-10(5-7-11)8-13-14(19)18(16(21)24-13)9-12(17)15(20)22-2/h4-8,12H,3,9,17H2,1-2H3/b13-8-. The molecule has 8 heteroatoms. The van der Waals surface area contributed by atoms with E-state index >= 15 is 0 Å². The Bertz CT molecular complexity index is 672. The molecule has 1 heterocycles. The molecule has 1 aliphatic rings. The van der Waals surface area contributed by atoms with Gasteiger partial charge in [-0.3, -0.25) is 19.3 Å². The van der Waals surface area contributed by atoms with Crippen molar-refractivity contribution in [3.05, 3.63) is 34.7 Å². The van der Waals surface area contributed by atoms with Crippen LogP contribution in [-0.2, 0) is 14.3 Å². The number of thioether (sulfide) groups is 1. The topological polar surface area (TPSA) is 98.9 Å². The Hall–Kier alpha value is -2.32. The fourth-order valence-corrected chi connectivity index (χ4v) is 2.91. The van der Waals surface area contributed by atoms with E-state index in [-0.39, 0.29) is 11.4 Å². The summed E-state index contributed by atoms with van der Waals surface area (Å²) in [7, 11) is 1.20. The molecule has 2 rings (SSSR count). The number of hydrogen-bond donors (Lipinski definition) is 1. The molecule has 1 fully saturated rings. The summed E-state index contributed by atoms with van der Waals surface area (Å²) < 4.78 is 9.85. The number of esters is 1. The first-order valence-corrected chi connectivity index (χ1v) is 8.09. The third-order valence-corrected chi connectivity index (χ3v) is 4.15. The average Bonchev–Trinajstić information content (AvgIpc) is 2.83. The smallest absolute Gasteiger partial charge is 0.324 e. The lowest BCUT2D eigenvalue weighted by molar-refractivity contribution is -0.142. The second-order valence-electron chi connectivity index (χ2n) is 4.92. The minimum atomic E-state index is -1.06. The van der Waals surface area contributed by atoms with Crippen LogP contribution >= 0.6 is 11.8 Å². The summed E-state index contributed by atoms with van der Waals surface area (Å²) in [5.41, 5.74) is 6.38. The molecule has 0 radical (unpaired) electrons. The van der Waals surface area contributed by atoms with Crippen molar-refractivity contribution in [1.82, 2.24) is 4.90 Å². The van der Waals surface area contributed by atoms with Gasteiger partial charge in [0.05, 0.1) is 25.2 Å². The Labute approximate surface area is 143 Å². The van der Waals surface area contributed by atoms with Crippen molar-refractivity contribution in [2.75, 3.05) is 20.3 Å². The molecule has 1 aromatic rings. The van der Waals surface area contributed by atoms with Crippen LogP contribution in [0.2, 0.25) is 0 Å². The predicted octanol–water partition coefficient (Wildman–Crippen LogP) is 1.62. The Balaban J connectivity index is 2.11. The van der Waals surface area contributed by atoms with Gasteiger partial charge in [-0.05, 0) is 42.5 Å². The molecule has 2 amide bonds. The summed E-state index contributed by atoms with van der Waals surface area (Å²) in [6, 6.07) is 6.09. The highest BCUT2D eigenvalue weighted by molar-refractivity contribution is 8.18. The molecule has 7 nitrogen and oxygen atoms in total. The lowest BCUT2D eigenvalue weighted by Gasteiger charge is -2.16. The van der Waals surface area contributed by atoms with Gasteiger partial charge in [-0.1, -0.05) is 12.1 Å². The van der Waals surface area contributed by atoms with Crippen molar-refractivity contribution < 1.29 is 23.9 Å². The van der Waals surface area contributed by atoms with Crippen LogP contribution in [0.15, 0.2) is 29.2 Å². The van der Waals surface area contributed by atoms with Gasteiger partial charge in [-0.2, -0.15) is 0 Å². The summed E-state index contributed by atoms with van der Waals surface area (Å²) in [6.45, 7) is 2.25. The first-order chi connectivity index (χ1) is 11.5. The number of nitrogens with two attached hydrogens (primary N) is 1. The lowest BCUT2D eigenvalue weighted by atomic mass is 10.2. The van der Waals surface area contributed by atoms with Crippen LogP contribution in [0, 0.1) is 0 Å². The molecule has 0 bridgehead atoms. The highest BCUT2D eigenvalue weighted by Crippen LogP contribution is 2.32. The zero-order valence-electron chi connectivity index (χ0n) is 13.4. The minimum Gasteiger partial charge on any atom is -0.494 e. The molecule has 0 spiro atoms. The third-order valence-electron chi connectivity index (χ3n) is 3.25. The molecular weight excluding hydrogens is 332 g/mol. The molecule has 1 unspecified atom stereocenters. The van der Waals surface area contributed by atoms with Gasteiger partial charge < -0.3 is 15.2 Å². The number of ether oxygens (including phenoxy) is 2. The number of imide groups is 1. The Kier molecular flexibility index (Phi) is 5.99. The van der Waals surface area contributed by atoms with E-state index in [2.05, 4.69) is 4.74 Å². The van der Waals surface area contributed by atoms with Crippen molar-refractivity contribution in [2.24, 2.45) is 5.73 Å². The molecule has 0 saturated carbocycles. The van der Waals surface area contributed by atoms with Gasteiger partial charge in [0.2, 0.25) is 0 Å². The maximum atomic E-state index is 12.3. The number of carbonyl (C=O) groups is 3. The SMILES string of the molecule is CCOc1ccc(/C=C2\SC(=O)N(CC(N)C(=O)OC)C2=O)cc1. The summed E-state index contributed by atoms with van der Waals surface area (Å²) in [5.74, 6) is -0.422. The number of hydrogen-bond acceptors (Lipinski definition) is 7. The molecule has 1 aromatic carbocycles. The molecule has 2 N–H and O–H groups in total. The normalized spacial score (nSPS) is 17.3. The number of carbonyl (C=O) groups excluding carboxylic acids is 3. The largest absolute Gasteiger partial charge is 0.494 e. The fraction of sp³-hybridized carbons (Fsp3) is 0.312. The van der Waals surface area contributed by atoms with Crippen molar-refractivity contribution in [1.29, 1.82) is 0 Å². The summed E-state index contributed by atoms with van der Waals surface area (Å²) in [4.78, 5) is 36.9. The van der Waals surface area contributed by atoms with E-state index in [0.29, 0.717) is 6.61 Å². The summed E-state index contributed by atoms with van der Waals surface area (Å²) in [5, 5.41) is -0.462. The van der Waals surface area contributed by atoms with Crippen LogP contribution in [-0.4, -0.2) is 48.3 Å². The number of nitrogens with zero attached hydrogens (tertiary/aromatic N) is 1. The van der Waals surface area contributed by atoms with Crippen LogP contribution in [0.1, 0.15) is 12.5 Å². The first-order valence-electron chi connectivity index (χ1n) is 7.28. The van der Waals surface area contributed by atoms with E-state index < -0.39 is 23.2 Å². The van der Waals surface area contributed by atoms with Gasteiger partial charge in [0.1, 0.15) is 11.8 Å². The van der Waals surface area contributed by atoms with Crippen LogP contribution in [0.25, 0.3) is 6.08 Å². The van der Waals surface area contributed by atoms with Gasteiger partial charge >= 0.3 is 5.97 Å². The Morgan fingerprint density at radius 2 is 2.00 bits per heavy atom. The van der Waals surface area contributed by atoms with E-state index in [0.717, 1.165) is 28.0 Å². The van der Waals surface area contributed by atoms with Crippen molar-refractivity contribution in [2.45, 2.75) is 13.0 Å². The van der Waals surface area contributed by atoms with E-state index in [9.17, 15) is 14.4 Å². The van der Waals surface area contributed by atoms with Crippen molar-refractivity contribution in [3.8, 4) is 5.75 Å². The van der Waals surface area contributed by atoms with Gasteiger partial charge in [0.15, 0.2) is 0 Å². The minimum absolute atomic E-state index is 0.210. The van der Waals surface area contributed by atoms with E-state index in [1.54, 1.807) is 30.3 Å². The summed E-state index contributed by atoms with van der Waals surface area (Å²) in [6.07, 6.45) is 1.62. The second-order valence-corrected chi connectivity index (χ2v) is 5.92. The molecule has 1 saturated heterocycles. The van der Waals surface area contributed by atoms with E-state index in [4.69, 9.17) is 10.5 Å². The zero-order valence-corrected chi connectivity index (χ0v) is 14.2. The van der Waals surface area contributed by atoms with E-state index in [1.165, 1.54) is 7.11 Å². The van der Waals surface area contributed by atoms with Crippen LogP contribution in [0.3, 0.4) is 0 Å². The maximum absolute atomic E-state index is 12.3. The van der Waals surface area contributed by atoms with Gasteiger partial charge in [0, 0.05) is 0 Å². The number of amides is 2. The number of methoxy groups -OCH3 is 1. The molecule has 128 valence electrons. The van der Waals surface area contributed by atoms with Crippen LogP contribution in [0.4, 0.5) is 4.79 Å². The quantitative estimate of drug-likeness (QED) is 0.615. The van der Waals surface area contributed by atoms with Crippen molar-refractivity contribution in [3.63, 3.8) is 0 Å². The highest BCUT2D eigenvalue weighted by Gasteiger charge is 2.37. The molecule has 0 aliphatic carbocycles. The monoisotopic (exact) mass is 350 g/mol. The summed E-state index contributed by atoms with van der Waals surface area (Å²) >= 11 is 0.812. The molecule has 1 atom stereocenters. The second kappa shape index (κ2) is 7.98. The van der Waals surface area contributed by atoms with Crippen LogP contribution < -0.4 is 10.5 Å². The van der Waals surface area contributed by atoms with Crippen LogP contribution in [0.5, 0.6) is 5.75 Å². The van der Waals surface area contributed by atoms with Gasteiger partial charge in [-0.25, -0.2) is 0 Å². The molecular formula is C16H18N2O5S.